The molecule has 1 heterocycles. The first-order valence-electron chi connectivity index (χ1n) is 7.58. The topological polar surface area (TPSA) is 49.4 Å². The molecule has 0 radical (unpaired) electrons. The first kappa shape index (κ1) is 19.3. The van der Waals surface area contributed by atoms with E-state index in [0.29, 0.717) is 21.7 Å². The first-order valence-corrected chi connectivity index (χ1v) is 8.34. The number of rotatable bonds is 3. The number of amides is 2. The van der Waals surface area contributed by atoms with Gasteiger partial charge in [0.2, 0.25) is 0 Å². The van der Waals surface area contributed by atoms with Crippen LogP contribution in [0.15, 0.2) is 53.2 Å². The molecule has 2 amide bonds. The summed E-state index contributed by atoms with van der Waals surface area (Å²) in [4.78, 5) is 25.6. The normalized spacial score (nSPS) is 15.0. The summed E-state index contributed by atoms with van der Waals surface area (Å²) in [5.74, 6) is -1.78. The zero-order chi connectivity index (χ0) is 19.9. The monoisotopic (exact) mass is 414 g/mol. The van der Waals surface area contributed by atoms with E-state index in [1.54, 1.807) is 25.1 Å². The minimum Gasteiger partial charge on any atom is -0.350 e. The molecule has 140 valence electrons. The van der Waals surface area contributed by atoms with E-state index in [0.717, 1.165) is 17.7 Å². The third-order valence-corrected chi connectivity index (χ3v) is 4.66. The number of carbonyl (C=O) groups excluding carboxylic acids is 2. The lowest BCUT2D eigenvalue weighted by Crippen LogP contribution is -2.32. The van der Waals surface area contributed by atoms with Gasteiger partial charge in [-0.1, -0.05) is 35.3 Å². The van der Waals surface area contributed by atoms with Gasteiger partial charge in [-0.05, 0) is 42.8 Å². The van der Waals surface area contributed by atoms with Crippen LogP contribution in [0.25, 0.3) is 0 Å². The Hall–Kier alpha value is -2.51. The third-order valence-electron chi connectivity index (χ3n) is 3.90. The van der Waals surface area contributed by atoms with E-state index in [2.05, 4.69) is 5.32 Å². The van der Waals surface area contributed by atoms with Gasteiger partial charge in [0.1, 0.15) is 10.7 Å². The second-order valence-corrected chi connectivity index (χ2v) is 6.56. The van der Waals surface area contributed by atoms with Crippen LogP contribution in [0.1, 0.15) is 11.1 Å². The fraction of sp³-hybridized carbons (Fsp3) is 0.111. The number of imide groups is 1. The maximum absolute atomic E-state index is 12.9. The van der Waals surface area contributed by atoms with E-state index in [9.17, 15) is 22.8 Å². The molecule has 2 aromatic rings. The first-order chi connectivity index (χ1) is 12.6. The van der Waals surface area contributed by atoms with E-state index >= 15 is 0 Å². The van der Waals surface area contributed by atoms with Crippen molar-refractivity contribution in [2.45, 2.75) is 13.1 Å². The van der Waals surface area contributed by atoms with Crippen LogP contribution < -0.4 is 10.2 Å². The van der Waals surface area contributed by atoms with Crippen molar-refractivity contribution in [1.82, 2.24) is 0 Å². The van der Waals surface area contributed by atoms with Crippen LogP contribution in [-0.4, -0.2) is 11.8 Å². The number of hydrogen-bond acceptors (Lipinski definition) is 3. The van der Waals surface area contributed by atoms with Crippen LogP contribution in [0, 0.1) is 6.92 Å². The molecular formula is C18H11Cl2F3N2O2. The van der Waals surface area contributed by atoms with Crippen LogP contribution >= 0.6 is 23.2 Å². The minimum absolute atomic E-state index is 0.225. The Morgan fingerprint density at radius 3 is 2.33 bits per heavy atom. The van der Waals surface area contributed by atoms with Gasteiger partial charge in [-0.3, -0.25) is 9.59 Å². The van der Waals surface area contributed by atoms with Crippen LogP contribution in [0.4, 0.5) is 24.5 Å². The smallest absolute Gasteiger partial charge is 0.350 e. The Labute approximate surface area is 162 Å². The molecule has 1 aliphatic rings. The minimum atomic E-state index is -4.61. The van der Waals surface area contributed by atoms with Crippen molar-refractivity contribution in [2.75, 3.05) is 10.2 Å². The van der Waals surface area contributed by atoms with Gasteiger partial charge in [-0.2, -0.15) is 13.2 Å². The summed E-state index contributed by atoms with van der Waals surface area (Å²) in [6, 6.07) is 8.76. The van der Waals surface area contributed by atoms with Crippen molar-refractivity contribution < 1.29 is 22.8 Å². The fourth-order valence-electron chi connectivity index (χ4n) is 2.48. The highest BCUT2D eigenvalue weighted by Crippen LogP contribution is 2.35. The van der Waals surface area contributed by atoms with E-state index < -0.39 is 28.6 Å². The molecule has 0 aromatic heterocycles. The van der Waals surface area contributed by atoms with E-state index in [1.165, 1.54) is 6.07 Å². The van der Waals surface area contributed by atoms with Gasteiger partial charge in [0.25, 0.3) is 11.8 Å². The predicted molar refractivity (Wildman–Crippen MR) is 96.6 cm³/mol. The number of hydrogen-bond donors (Lipinski definition) is 1. The molecule has 1 aliphatic heterocycles. The molecule has 0 spiro atoms. The van der Waals surface area contributed by atoms with E-state index in [1.807, 2.05) is 0 Å². The number of nitrogens with one attached hydrogen (secondary N) is 1. The molecule has 2 aromatic carbocycles. The highest BCUT2D eigenvalue weighted by atomic mass is 35.5. The van der Waals surface area contributed by atoms with Gasteiger partial charge in [0.15, 0.2) is 0 Å². The molecule has 1 N–H and O–H groups in total. The van der Waals surface area contributed by atoms with Crippen LogP contribution in [0.5, 0.6) is 0 Å². The average Bonchev–Trinajstić information content (AvgIpc) is 2.81. The van der Waals surface area contributed by atoms with Crippen molar-refractivity contribution in [3.05, 3.63) is 69.3 Å². The summed E-state index contributed by atoms with van der Waals surface area (Å²) >= 11 is 12.0. The summed E-state index contributed by atoms with van der Waals surface area (Å²) in [5, 5.41) is 2.72. The Balaban J connectivity index is 1.93. The lowest BCUT2D eigenvalue weighted by atomic mass is 10.2. The van der Waals surface area contributed by atoms with Gasteiger partial charge in [-0.15, -0.1) is 0 Å². The second-order valence-electron chi connectivity index (χ2n) is 5.77. The molecule has 9 heteroatoms. The molecule has 0 aliphatic carbocycles. The number of nitrogens with zero attached hydrogens (tertiary/aromatic N) is 1. The van der Waals surface area contributed by atoms with E-state index in [-0.39, 0.29) is 11.4 Å². The Bertz CT molecular complexity index is 987. The fourth-order valence-corrected chi connectivity index (χ4v) is 2.88. The number of carbonyl (C=O) groups is 2. The average molecular weight is 415 g/mol. The number of aryl methyl sites for hydroxylation is 1. The second kappa shape index (κ2) is 6.90. The van der Waals surface area contributed by atoms with Crippen LogP contribution in [0.2, 0.25) is 5.02 Å². The number of anilines is 2. The zero-order valence-electron chi connectivity index (χ0n) is 13.7. The van der Waals surface area contributed by atoms with Crippen molar-refractivity contribution in [3.63, 3.8) is 0 Å². The third kappa shape index (κ3) is 3.65. The Morgan fingerprint density at radius 2 is 1.70 bits per heavy atom. The molecule has 0 bridgehead atoms. The van der Waals surface area contributed by atoms with Crippen LogP contribution in [0.3, 0.4) is 0 Å². The maximum Gasteiger partial charge on any atom is 0.416 e. The van der Waals surface area contributed by atoms with Crippen molar-refractivity contribution in [1.29, 1.82) is 0 Å². The van der Waals surface area contributed by atoms with Gasteiger partial charge >= 0.3 is 6.18 Å². The number of halogens is 5. The summed E-state index contributed by atoms with van der Waals surface area (Å²) in [5.41, 5.74) is -0.230. The highest BCUT2D eigenvalue weighted by molar-refractivity contribution is 6.53. The molecule has 0 saturated carbocycles. The summed E-state index contributed by atoms with van der Waals surface area (Å²) < 4.78 is 38.7. The maximum atomic E-state index is 12.9. The number of benzene rings is 2. The predicted octanol–water partition coefficient (Wildman–Crippen LogP) is 5.10. The van der Waals surface area contributed by atoms with Gasteiger partial charge in [0, 0.05) is 10.7 Å². The zero-order valence-corrected chi connectivity index (χ0v) is 15.2. The molecule has 27 heavy (non-hydrogen) atoms. The lowest BCUT2D eigenvalue weighted by molar-refractivity contribution is -0.137. The van der Waals surface area contributed by atoms with Gasteiger partial charge in [-0.25, -0.2) is 4.90 Å². The molecule has 4 nitrogen and oxygen atoms in total. The largest absolute Gasteiger partial charge is 0.416 e. The van der Waals surface area contributed by atoms with Crippen molar-refractivity contribution >= 4 is 46.4 Å². The van der Waals surface area contributed by atoms with Crippen molar-refractivity contribution in [2.24, 2.45) is 0 Å². The molecule has 3 rings (SSSR count). The Kier molecular flexibility index (Phi) is 4.92. The van der Waals surface area contributed by atoms with E-state index in [4.69, 9.17) is 23.2 Å². The number of alkyl halides is 3. The standard InChI is InChI=1S/C18H11Cl2F3N2O2/c1-9-5-6-11(8-13(9)19)24-15-14(20)16(26)25(17(15)27)12-4-2-3-10(7-12)18(21,22)23/h2-8,24H,1H3. The highest BCUT2D eigenvalue weighted by Gasteiger charge is 2.40. The SMILES string of the molecule is Cc1ccc(NC2=C(Cl)C(=O)N(c3cccc(C(F)(F)F)c3)C2=O)cc1Cl. The Morgan fingerprint density at radius 1 is 1.00 bits per heavy atom. The van der Waals surface area contributed by atoms with Crippen molar-refractivity contribution in [3.8, 4) is 0 Å². The van der Waals surface area contributed by atoms with Crippen LogP contribution in [-0.2, 0) is 15.8 Å². The molecule has 0 atom stereocenters. The molecular weight excluding hydrogens is 404 g/mol. The van der Waals surface area contributed by atoms with Gasteiger partial charge in [0.05, 0.1) is 11.3 Å². The summed E-state index contributed by atoms with van der Waals surface area (Å²) in [7, 11) is 0. The summed E-state index contributed by atoms with van der Waals surface area (Å²) in [6.45, 7) is 1.79. The molecule has 0 fully saturated rings. The lowest BCUT2D eigenvalue weighted by Gasteiger charge is -2.17. The summed E-state index contributed by atoms with van der Waals surface area (Å²) in [6.07, 6.45) is -4.61. The molecule has 0 unspecified atom stereocenters. The molecule has 0 saturated heterocycles. The quantitative estimate of drug-likeness (QED) is 0.710. The van der Waals surface area contributed by atoms with Gasteiger partial charge < -0.3 is 5.32 Å².